The molecule has 2 rings (SSSR count). The average Bonchev–Trinajstić information content (AvgIpc) is 2.73. The van der Waals surface area contributed by atoms with E-state index in [0.29, 0.717) is 0 Å². The number of nitrogens with two attached hydrogens (primary N) is 1. The predicted octanol–water partition coefficient (Wildman–Crippen LogP) is 0.669. The number of sulfonamides is 1. The Kier molecular flexibility index (Phi) is 3.28. The Morgan fingerprint density at radius 3 is 2.60 bits per heavy atom. The first-order valence-corrected chi connectivity index (χ1v) is 6.65. The normalized spacial score (nSPS) is 11.2. The smallest absolute Gasteiger partial charge is 0.329 e. The van der Waals surface area contributed by atoms with E-state index in [1.165, 1.54) is 6.92 Å². The second-order valence-electron chi connectivity index (χ2n) is 3.71. The first kappa shape index (κ1) is 13.7. The van der Waals surface area contributed by atoms with Gasteiger partial charge in [0, 0.05) is 13.0 Å². The number of aryl methyl sites for hydroxylation is 1. The molecule has 0 aliphatic heterocycles. The molecule has 0 aliphatic rings. The fourth-order valence-electron chi connectivity index (χ4n) is 1.38. The summed E-state index contributed by atoms with van der Waals surface area (Å²) in [6, 6.07) is 2.73. The second kappa shape index (κ2) is 4.77. The lowest BCUT2D eigenvalue weighted by Gasteiger charge is -2.05. The zero-order valence-corrected chi connectivity index (χ0v) is 10.9. The van der Waals surface area contributed by atoms with E-state index in [1.807, 2.05) is 4.72 Å². The molecule has 0 radical (unpaired) electrons. The number of rotatable bonds is 4. The molecule has 11 heteroatoms. The van der Waals surface area contributed by atoms with Gasteiger partial charge >= 0.3 is 6.01 Å². The van der Waals surface area contributed by atoms with E-state index >= 15 is 0 Å². The van der Waals surface area contributed by atoms with Crippen molar-refractivity contribution in [1.29, 1.82) is 0 Å². The molecule has 1 aromatic heterocycles. The van der Waals surface area contributed by atoms with Gasteiger partial charge in [-0.15, -0.1) is 5.10 Å². The van der Waals surface area contributed by atoms with Crippen LogP contribution in [0.1, 0.15) is 5.89 Å². The number of benzene rings is 1. The topological polar surface area (TPSA) is 154 Å². The van der Waals surface area contributed by atoms with Crippen molar-refractivity contribution in [3.8, 4) is 0 Å². The molecule has 1 aromatic carbocycles. The van der Waals surface area contributed by atoms with Crippen molar-refractivity contribution in [3.63, 3.8) is 0 Å². The van der Waals surface area contributed by atoms with Gasteiger partial charge in [-0.2, -0.15) is 0 Å². The van der Waals surface area contributed by atoms with Crippen molar-refractivity contribution in [2.45, 2.75) is 11.8 Å². The van der Waals surface area contributed by atoms with Crippen LogP contribution in [-0.4, -0.2) is 23.5 Å². The van der Waals surface area contributed by atoms with Crippen LogP contribution in [-0.2, 0) is 10.0 Å². The van der Waals surface area contributed by atoms with Crippen LogP contribution in [0.25, 0.3) is 0 Å². The molecule has 1 heterocycles. The molecule has 0 saturated heterocycles. The van der Waals surface area contributed by atoms with E-state index in [-0.39, 0.29) is 28.2 Å². The third-order valence-corrected chi connectivity index (χ3v) is 3.57. The highest BCUT2D eigenvalue weighted by atomic mass is 32.2. The lowest BCUT2D eigenvalue weighted by Crippen LogP contribution is -2.13. The highest BCUT2D eigenvalue weighted by Crippen LogP contribution is 2.25. The van der Waals surface area contributed by atoms with Crippen LogP contribution in [0.4, 0.5) is 17.4 Å². The van der Waals surface area contributed by atoms with Gasteiger partial charge in [-0.05, 0) is 12.1 Å². The molecule has 0 atom stereocenters. The summed E-state index contributed by atoms with van der Waals surface area (Å²) in [5, 5.41) is 17.5. The van der Waals surface area contributed by atoms with Gasteiger partial charge in [-0.25, -0.2) is 13.1 Å². The molecule has 0 saturated carbocycles. The van der Waals surface area contributed by atoms with Crippen LogP contribution in [0, 0.1) is 17.0 Å². The summed E-state index contributed by atoms with van der Waals surface area (Å²) in [5.74, 6) is 0.186. The van der Waals surface area contributed by atoms with E-state index in [9.17, 15) is 18.5 Å². The zero-order chi connectivity index (χ0) is 14.9. The summed E-state index contributed by atoms with van der Waals surface area (Å²) in [7, 11) is -4.01. The summed E-state index contributed by atoms with van der Waals surface area (Å²) in [5.41, 5.74) is 4.79. The lowest BCUT2D eigenvalue weighted by molar-refractivity contribution is -0.383. The van der Waals surface area contributed by atoms with Crippen LogP contribution >= 0.6 is 0 Å². The van der Waals surface area contributed by atoms with Crippen LogP contribution < -0.4 is 10.5 Å². The standard InChI is InChI=1S/C9H9N5O5S/c1-5-11-12-9(19-5)13-20(17,18)6-2-3-8(14(15)16)7(10)4-6/h2-4H,10H2,1H3,(H,12,13). The van der Waals surface area contributed by atoms with Gasteiger partial charge in [0.15, 0.2) is 0 Å². The average molecular weight is 299 g/mol. The van der Waals surface area contributed by atoms with Crippen molar-refractivity contribution in [1.82, 2.24) is 10.2 Å². The van der Waals surface area contributed by atoms with E-state index in [0.717, 1.165) is 18.2 Å². The van der Waals surface area contributed by atoms with Crippen LogP contribution in [0.3, 0.4) is 0 Å². The molecule has 10 nitrogen and oxygen atoms in total. The number of nitro groups is 1. The monoisotopic (exact) mass is 299 g/mol. The van der Waals surface area contributed by atoms with Gasteiger partial charge in [-0.3, -0.25) is 10.1 Å². The summed E-state index contributed by atoms with van der Waals surface area (Å²) < 4.78 is 30.9. The number of hydrogen-bond acceptors (Lipinski definition) is 8. The van der Waals surface area contributed by atoms with E-state index in [4.69, 9.17) is 10.2 Å². The number of aromatic nitrogens is 2. The molecule has 3 N–H and O–H groups in total. The van der Waals surface area contributed by atoms with E-state index in [1.54, 1.807) is 0 Å². The Morgan fingerprint density at radius 2 is 2.10 bits per heavy atom. The second-order valence-corrected chi connectivity index (χ2v) is 5.39. The van der Waals surface area contributed by atoms with Gasteiger partial charge in [0.05, 0.1) is 9.82 Å². The predicted molar refractivity (Wildman–Crippen MR) is 67.4 cm³/mol. The largest absolute Gasteiger partial charge is 0.408 e. The number of nitrogens with one attached hydrogen (secondary N) is 1. The minimum Gasteiger partial charge on any atom is -0.408 e. The highest BCUT2D eigenvalue weighted by molar-refractivity contribution is 7.92. The molecular formula is C9H9N5O5S. The Hall–Kier alpha value is -2.69. The van der Waals surface area contributed by atoms with Gasteiger partial charge in [0.2, 0.25) is 5.89 Å². The molecule has 0 aliphatic carbocycles. The lowest BCUT2D eigenvalue weighted by atomic mass is 10.3. The Bertz CT molecular complexity index is 769. The van der Waals surface area contributed by atoms with E-state index < -0.39 is 14.9 Å². The SMILES string of the molecule is Cc1nnc(NS(=O)(=O)c2ccc([N+](=O)[O-])c(N)c2)o1. The maximum Gasteiger partial charge on any atom is 0.329 e. The molecule has 0 bridgehead atoms. The zero-order valence-electron chi connectivity index (χ0n) is 10.1. The highest BCUT2D eigenvalue weighted by Gasteiger charge is 2.21. The molecule has 0 unspecified atom stereocenters. The minimum atomic E-state index is -4.01. The Morgan fingerprint density at radius 1 is 1.40 bits per heavy atom. The van der Waals surface area contributed by atoms with Crippen molar-refractivity contribution < 1.29 is 17.8 Å². The van der Waals surface area contributed by atoms with Gasteiger partial charge < -0.3 is 10.2 Å². The number of nitro benzene ring substituents is 1. The third kappa shape index (κ3) is 2.66. The van der Waals surface area contributed by atoms with Crippen molar-refractivity contribution in [2.24, 2.45) is 0 Å². The molecule has 0 fully saturated rings. The summed E-state index contributed by atoms with van der Waals surface area (Å²) in [6.07, 6.45) is 0. The quantitative estimate of drug-likeness (QED) is 0.474. The minimum absolute atomic E-state index is 0.186. The number of anilines is 2. The Labute approximate surface area is 112 Å². The fourth-order valence-corrected chi connectivity index (χ4v) is 2.34. The van der Waals surface area contributed by atoms with E-state index in [2.05, 4.69) is 10.2 Å². The van der Waals surface area contributed by atoms with Gasteiger partial charge in [-0.1, -0.05) is 5.10 Å². The molecule has 20 heavy (non-hydrogen) atoms. The van der Waals surface area contributed by atoms with Crippen LogP contribution in [0.5, 0.6) is 0 Å². The number of hydrogen-bond donors (Lipinski definition) is 2. The molecular weight excluding hydrogens is 290 g/mol. The molecule has 0 amide bonds. The van der Waals surface area contributed by atoms with Gasteiger partial charge in [0.1, 0.15) is 5.69 Å². The van der Waals surface area contributed by atoms with Crippen LogP contribution in [0.2, 0.25) is 0 Å². The fraction of sp³-hybridized carbons (Fsp3) is 0.111. The number of nitrogen functional groups attached to an aromatic ring is 1. The summed E-state index contributed by atoms with van der Waals surface area (Å²) >= 11 is 0. The van der Waals surface area contributed by atoms with Crippen LogP contribution in [0.15, 0.2) is 27.5 Å². The first-order chi connectivity index (χ1) is 9.29. The maximum absolute atomic E-state index is 12.0. The van der Waals surface area contributed by atoms with Crippen molar-refractivity contribution in [3.05, 3.63) is 34.2 Å². The summed E-state index contributed by atoms with van der Waals surface area (Å²) in [4.78, 5) is 9.64. The number of nitrogens with zero attached hydrogens (tertiary/aromatic N) is 3. The Balaban J connectivity index is 2.35. The molecule has 0 spiro atoms. The molecule has 2 aromatic rings. The maximum atomic E-state index is 12.0. The third-order valence-electron chi connectivity index (χ3n) is 2.25. The molecule has 106 valence electrons. The van der Waals surface area contributed by atoms with Gasteiger partial charge in [0.25, 0.3) is 15.7 Å². The first-order valence-electron chi connectivity index (χ1n) is 5.16. The summed E-state index contributed by atoms with van der Waals surface area (Å²) in [6.45, 7) is 1.49. The van der Waals surface area contributed by atoms with Crippen molar-refractivity contribution >= 4 is 27.4 Å². The van der Waals surface area contributed by atoms with Crippen molar-refractivity contribution in [2.75, 3.05) is 10.5 Å².